The Kier molecular flexibility index (Phi) is 5.67. The first-order valence-corrected chi connectivity index (χ1v) is 10.6. The van der Waals surface area contributed by atoms with Crippen LogP contribution in [-0.2, 0) is 17.9 Å². The molecule has 0 saturated carbocycles. The summed E-state index contributed by atoms with van der Waals surface area (Å²) in [6.07, 6.45) is -4.74. The van der Waals surface area contributed by atoms with Gasteiger partial charge >= 0.3 is 12.3 Å². The molecule has 5 rings (SSSR count). The van der Waals surface area contributed by atoms with Crippen LogP contribution in [0.1, 0.15) is 11.3 Å². The van der Waals surface area contributed by atoms with E-state index in [1.54, 1.807) is 24.3 Å². The van der Waals surface area contributed by atoms with Crippen LogP contribution >= 0.6 is 0 Å². The fraction of sp³-hybridized carbons (Fsp3) is 0.154. The Morgan fingerprint density at radius 3 is 2.47 bits per heavy atom. The van der Waals surface area contributed by atoms with Gasteiger partial charge in [0.1, 0.15) is 11.5 Å². The molecular formula is C26H19F3N2O3. The van der Waals surface area contributed by atoms with Crippen LogP contribution in [0.25, 0.3) is 22.0 Å². The van der Waals surface area contributed by atoms with Gasteiger partial charge in [0.2, 0.25) is 0 Å². The summed E-state index contributed by atoms with van der Waals surface area (Å²) >= 11 is 0. The highest BCUT2D eigenvalue weighted by molar-refractivity contribution is 5.78. The first-order chi connectivity index (χ1) is 16.3. The first kappa shape index (κ1) is 21.9. The van der Waals surface area contributed by atoms with Gasteiger partial charge in [-0.2, -0.15) is 0 Å². The number of fused-ring (bicyclic) bond motifs is 2. The van der Waals surface area contributed by atoms with Gasteiger partial charge in [-0.15, -0.1) is 13.2 Å². The van der Waals surface area contributed by atoms with Gasteiger partial charge in [0.05, 0.1) is 17.8 Å². The van der Waals surface area contributed by atoms with Crippen LogP contribution < -0.4 is 9.47 Å². The minimum atomic E-state index is -4.74. The molecule has 5 nitrogen and oxygen atoms in total. The average Bonchev–Trinajstić information content (AvgIpc) is 2.95. The van der Waals surface area contributed by atoms with Crippen molar-refractivity contribution >= 4 is 16.9 Å². The monoisotopic (exact) mass is 464 g/mol. The van der Waals surface area contributed by atoms with Crippen LogP contribution in [0.2, 0.25) is 0 Å². The SMILES string of the molecule is O=C1CN(Cc2ccc3ccccc3n2)Cc2cc(-c3ccc(OC(F)(F)F)cc3)ccc2O1. The van der Waals surface area contributed by atoms with Crippen LogP contribution in [0.4, 0.5) is 13.2 Å². The van der Waals surface area contributed by atoms with Crippen LogP contribution in [0.15, 0.2) is 78.9 Å². The van der Waals surface area contributed by atoms with Crippen LogP contribution in [-0.4, -0.2) is 28.8 Å². The van der Waals surface area contributed by atoms with Crippen molar-refractivity contribution in [3.63, 3.8) is 0 Å². The molecule has 4 aromatic rings. The topological polar surface area (TPSA) is 51.7 Å². The number of hydrogen-bond donors (Lipinski definition) is 0. The molecule has 0 fully saturated rings. The van der Waals surface area contributed by atoms with E-state index in [0.717, 1.165) is 33.3 Å². The number of benzene rings is 3. The largest absolute Gasteiger partial charge is 0.573 e. The lowest BCUT2D eigenvalue weighted by molar-refractivity contribution is -0.274. The van der Waals surface area contributed by atoms with Crippen LogP contribution in [0.3, 0.4) is 0 Å². The minimum absolute atomic E-state index is 0.113. The van der Waals surface area contributed by atoms with Crippen LogP contribution in [0, 0.1) is 0 Å². The van der Waals surface area contributed by atoms with Gasteiger partial charge in [-0.05, 0) is 47.5 Å². The Morgan fingerprint density at radius 1 is 0.912 bits per heavy atom. The van der Waals surface area contributed by atoms with Gasteiger partial charge in [-0.3, -0.25) is 14.7 Å². The summed E-state index contributed by atoms with van der Waals surface area (Å²) in [6, 6.07) is 22.8. The maximum atomic E-state index is 12.4. The van der Waals surface area contributed by atoms with Gasteiger partial charge in [0.25, 0.3) is 0 Å². The van der Waals surface area contributed by atoms with E-state index >= 15 is 0 Å². The van der Waals surface area contributed by atoms with Gasteiger partial charge in [-0.25, -0.2) is 0 Å². The lowest BCUT2D eigenvalue weighted by atomic mass is 10.0. The number of rotatable bonds is 4. The minimum Gasteiger partial charge on any atom is -0.425 e. The number of aromatic nitrogens is 1. The van der Waals surface area contributed by atoms with Gasteiger partial charge < -0.3 is 9.47 Å². The summed E-state index contributed by atoms with van der Waals surface area (Å²) in [7, 11) is 0. The molecule has 2 heterocycles. The van der Waals surface area contributed by atoms with Gasteiger partial charge in [0.15, 0.2) is 0 Å². The fourth-order valence-electron chi connectivity index (χ4n) is 4.00. The predicted octanol–water partition coefficient (Wildman–Crippen LogP) is 5.72. The van der Waals surface area contributed by atoms with E-state index < -0.39 is 6.36 Å². The molecule has 8 heteroatoms. The molecule has 34 heavy (non-hydrogen) atoms. The maximum Gasteiger partial charge on any atom is 0.573 e. The third kappa shape index (κ3) is 5.02. The Morgan fingerprint density at radius 2 is 1.68 bits per heavy atom. The van der Waals surface area contributed by atoms with Gasteiger partial charge in [-0.1, -0.05) is 42.5 Å². The fourth-order valence-corrected chi connectivity index (χ4v) is 4.00. The number of para-hydroxylation sites is 1. The molecule has 0 aliphatic carbocycles. The van der Waals surface area contributed by atoms with Crippen LogP contribution in [0.5, 0.6) is 11.5 Å². The third-order valence-corrected chi connectivity index (χ3v) is 5.49. The normalized spacial score (nSPS) is 14.4. The Balaban J connectivity index is 1.38. The number of alkyl halides is 3. The summed E-state index contributed by atoms with van der Waals surface area (Å²) in [5.74, 6) is -0.172. The van der Waals surface area contributed by atoms with E-state index in [9.17, 15) is 18.0 Å². The first-order valence-electron chi connectivity index (χ1n) is 10.6. The third-order valence-electron chi connectivity index (χ3n) is 5.49. The van der Waals surface area contributed by atoms with Crippen molar-refractivity contribution in [1.82, 2.24) is 9.88 Å². The standard InChI is InChI=1S/C26H19F3N2O3/c27-26(28,29)34-22-10-6-17(7-11-22)19-8-12-24-20(13-19)14-31(16-25(32)33-24)15-21-9-5-18-3-1-2-4-23(18)30-21/h1-13H,14-16H2. The molecule has 1 aliphatic rings. The van der Waals surface area contributed by atoms with E-state index in [1.165, 1.54) is 12.1 Å². The second-order valence-corrected chi connectivity index (χ2v) is 8.01. The number of pyridine rings is 1. The second-order valence-electron chi connectivity index (χ2n) is 8.01. The molecule has 0 N–H and O–H groups in total. The number of esters is 1. The number of halogens is 3. The Labute approximate surface area is 193 Å². The molecule has 1 aliphatic heterocycles. The maximum absolute atomic E-state index is 12.4. The molecule has 0 amide bonds. The molecule has 0 saturated heterocycles. The van der Waals surface area contributed by atoms with Crippen molar-refractivity contribution in [3.05, 3.63) is 90.1 Å². The van der Waals surface area contributed by atoms with E-state index in [2.05, 4.69) is 4.74 Å². The molecule has 3 aromatic carbocycles. The van der Waals surface area contributed by atoms with Crippen molar-refractivity contribution < 1.29 is 27.4 Å². The molecular weight excluding hydrogens is 445 g/mol. The molecule has 0 atom stereocenters. The lowest BCUT2D eigenvalue weighted by Crippen LogP contribution is -2.29. The second kappa shape index (κ2) is 8.79. The number of nitrogens with zero attached hydrogens (tertiary/aromatic N) is 2. The van der Waals surface area contributed by atoms with E-state index in [0.29, 0.717) is 18.8 Å². The zero-order chi connectivity index (χ0) is 23.7. The predicted molar refractivity (Wildman–Crippen MR) is 120 cm³/mol. The summed E-state index contributed by atoms with van der Waals surface area (Å²) in [4.78, 5) is 19.0. The van der Waals surface area contributed by atoms with Gasteiger partial charge in [0, 0.05) is 24.0 Å². The van der Waals surface area contributed by atoms with Crippen molar-refractivity contribution in [2.75, 3.05) is 6.54 Å². The highest BCUT2D eigenvalue weighted by Crippen LogP contribution is 2.32. The Hall–Kier alpha value is -3.91. The quantitative estimate of drug-likeness (QED) is 0.286. The highest BCUT2D eigenvalue weighted by Gasteiger charge is 2.31. The zero-order valence-corrected chi connectivity index (χ0v) is 17.9. The number of ether oxygens (including phenoxy) is 2. The molecule has 172 valence electrons. The van der Waals surface area contributed by atoms with Crippen molar-refractivity contribution in [2.24, 2.45) is 0 Å². The Bertz CT molecular complexity index is 1350. The molecule has 0 bridgehead atoms. The highest BCUT2D eigenvalue weighted by atomic mass is 19.4. The average molecular weight is 464 g/mol. The van der Waals surface area contributed by atoms with Crippen molar-refractivity contribution in [2.45, 2.75) is 19.5 Å². The number of carbonyl (C=O) groups excluding carboxylic acids is 1. The number of hydrogen-bond acceptors (Lipinski definition) is 5. The van der Waals surface area contributed by atoms with Crippen molar-refractivity contribution in [3.8, 4) is 22.6 Å². The molecule has 0 radical (unpaired) electrons. The van der Waals surface area contributed by atoms with Crippen molar-refractivity contribution in [1.29, 1.82) is 0 Å². The smallest absolute Gasteiger partial charge is 0.425 e. The van der Waals surface area contributed by atoms with E-state index in [4.69, 9.17) is 9.72 Å². The number of carbonyl (C=O) groups is 1. The molecule has 0 spiro atoms. The molecule has 1 aromatic heterocycles. The van der Waals surface area contributed by atoms with E-state index in [-0.39, 0.29) is 18.3 Å². The summed E-state index contributed by atoms with van der Waals surface area (Å²) in [5.41, 5.74) is 4.04. The summed E-state index contributed by atoms with van der Waals surface area (Å²) < 4.78 is 46.7. The lowest BCUT2D eigenvalue weighted by Gasteiger charge is -2.18. The summed E-state index contributed by atoms with van der Waals surface area (Å²) in [5, 5.41) is 1.04. The zero-order valence-electron chi connectivity index (χ0n) is 17.9. The summed E-state index contributed by atoms with van der Waals surface area (Å²) in [6.45, 7) is 1.04. The van der Waals surface area contributed by atoms with E-state index in [1.807, 2.05) is 47.4 Å². The molecule has 0 unspecified atom stereocenters.